The molecule has 0 amide bonds. The van der Waals surface area contributed by atoms with E-state index in [4.69, 9.17) is 10.5 Å². The topological polar surface area (TPSA) is 64.3 Å². The van der Waals surface area contributed by atoms with Gasteiger partial charge >= 0.3 is 0 Å². The van der Waals surface area contributed by atoms with Crippen LogP contribution in [0.2, 0.25) is 0 Å². The van der Waals surface area contributed by atoms with E-state index in [2.05, 4.69) is 21.8 Å². The van der Waals surface area contributed by atoms with E-state index in [0.717, 1.165) is 18.8 Å². The average molecular weight is 208 g/mol. The molecule has 2 rings (SSSR count). The molecule has 2 atom stereocenters. The molecule has 1 aliphatic rings. The molecule has 0 aliphatic carbocycles. The highest BCUT2D eigenvalue weighted by Crippen LogP contribution is 2.22. The first-order valence-electron chi connectivity index (χ1n) is 5.10. The summed E-state index contributed by atoms with van der Waals surface area (Å²) in [5, 5.41) is 0. The van der Waals surface area contributed by atoms with Crippen LogP contribution >= 0.6 is 0 Å². The van der Waals surface area contributed by atoms with Crippen molar-refractivity contribution in [3.8, 4) is 0 Å². The predicted molar refractivity (Wildman–Crippen MR) is 58.7 cm³/mol. The molecule has 0 radical (unpaired) electrons. The Kier molecular flexibility index (Phi) is 2.73. The molecule has 82 valence electrons. The summed E-state index contributed by atoms with van der Waals surface area (Å²) in [6, 6.07) is 0.378. The van der Waals surface area contributed by atoms with Crippen LogP contribution in [0.15, 0.2) is 12.4 Å². The van der Waals surface area contributed by atoms with Gasteiger partial charge in [0, 0.05) is 13.7 Å². The first kappa shape index (κ1) is 10.2. The number of anilines is 2. The molecule has 2 heterocycles. The third-order valence-electron chi connectivity index (χ3n) is 2.85. The molecule has 1 fully saturated rings. The van der Waals surface area contributed by atoms with Gasteiger partial charge in [0.2, 0.25) is 0 Å². The Hall–Kier alpha value is -1.36. The standard InChI is InChI=1S/C10H16N4O/c1-7-8(3-4-15-7)14(2)10-6-12-9(11)5-13-10/h5-8H,3-4H2,1-2H3,(H2,11,12). The Morgan fingerprint density at radius 1 is 1.47 bits per heavy atom. The molecule has 5 heteroatoms. The summed E-state index contributed by atoms with van der Waals surface area (Å²) in [7, 11) is 2.01. The molecule has 1 aliphatic heterocycles. The van der Waals surface area contributed by atoms with Crippen molar-refractivity contribution in [1.29, 1.82) is 0 Å². The van der Waals surface area contributed by atoms with Crippen LogP contribution in [0.25, 0.3) is 0 Å². The van der Waals surface area contributed by atoms with Crippen molar-refractivity contribution in [2.45, 2.75) is 25.5 Å². The maximum Gasteiger partial charge on any atom is 0.147 e. The third kappa shape index (κ3) is 2.02. The second-order valence-corrected chi connectivity index (χ2v) is 3.84. The van der Waals surface area contributed by atoms with Crippen LogP contribution in [0, 0.1) is 0 Å². The minimum atomic E-state index is 0.245. The van der Waals surface area contributed by atoms with E-state index in [-0.39, 0.29) is 6.10 Å². The Labute approximate surface area is 89.3 Å². The van der Waals surface area contributed by atoms with Crippen molar-refractivity contribution in [1.82, 2.24) is 9.97 Å². The van der Waals surface area contributed by atoms with E-state index in [1.807, 2.05) is 7.05 Å². The smallest absolute Gasteiger partial charge is 0.147 e. The monoisotopic (exact) mass is 208 g/mol. The van der Waals surface area contributed by atoms with Crippen LogP contribution in [-0.2, 0) is 4.74 Å². The van der Waals surface area contributed by atoms with Gasteiger partial charge in [-0.15, -0.1) is 0 Å². The second-order valence-electron chi connectivity index (χ2n) is 3.84. The Morgan fingerprint density at radius 3 is 2.80 bits per heavy atom. The van der Waals surface area contributed by atoms with Gasteiger partial charge in [-0.3, -0.25) is 0 Å². The minimum absolute atomic E-state index is 0.245. The van der Waals surface area contributed by atoms with Crippen molar-refractivity contribution in [3.63, 3.8) is 0 Å². The van der Waals surface area contributed by atoms with Gasteiger partial charge in [-0.1, -0.05) is 0 Å². The van der Waals surface area contributed by atoms with Crippen LogP contribution < -0.4 is 10.6 Å². The van der Waals surface area contributed by atoms with Crippen molar-refractivity contribution < 1.29 is 4.74 Å². The Bertz CT molecular complexity index is 327. The molecule has 0 spiro atoms. The Morgan fingerprint density at radius 2 is 2.27 bits per heavy atom. The summed E-state index contributed by atoms with van der Waals surface area (Å²) in [6.07, 6.45) is 4.55. The van der Waals surface area contributed by atoms with E-state index in [9.17, 15) is 0 Å². The van der Waals surface area contributed by atoms with E-state index < -0.39 is 0 Å². The molecule has 5 nitrogen and oxygen atoms in total. The van der Waals surface area contributed by atoms with Gasteiger partial charge in [0.25, 0.3) is 0 Å². The lowest BCUT2D eigenvalue weighted by Gasteiger charge is -2.27. The van der Waals surface area contributed by atoms with Gasteiger partial charge in [-0.05, 0) is 13.3 Å². The Balaban J connectivity index is 2.13. The van der Waals surface area contributed by atoms with Crippen LogP contribution in [0.5, 0.6) is 0 Å². The number of nitrogen functional groups attached to an aromatic ring is 1. The first-order valence-corrected chi connectivity index (χ1v) is 5.10. The van der Waals surface area contributed by atoms with Crippen LogP contribution in [0.1, 0.15) is 13.3 Å². The van der Waals surface area contributed by atoms with E-state index in [1.54, 1.807) is 12.4 Å². The maximum atomic E-state index is 5.52. The number of nitrogens with two attached hydrogens (primary N) is 1. The highest BCUT2D eigenvalue weighted by molar-refractivity contribution is 5.40. The van der Waals surface area contributed by atoms with Crippen molar-refractivity contribution in [2.75, 3.05) is 24.3 Å². The lowest BCUT2D eigenvalue weighted by molar-refractivity contribution is 0.118. The molecule has 2 unspecified atom stereocenters. The molecule has 1 aromatic heterocycles. The second kappa shape index (κ2) is 4.02. The summed E-state index contributed by atoms with van der Waals surface area (Å²) < 4.78 is 5.52. The van der Waals surface area contributed by atoms with E-state index >= 15 is 0 Å². The number of hydrogen-bond donors (Lipinski definition) is 1. The molecule has 0 aromatic carbocycles. The van der Waals surface area contributed by atoms with Crippen molar-refractivity contribution in [2.24, 2.45) is 0 Å². The third-order valence-corrected chi connectivity index (χ3v) is 2.85. The maximum absolute atomic E-state index is 5.52. The van der Waals surface area contributed by atoms with Gasteiger partial charge in [0.15, 0.2) is 0 Å². The predicted octanol–water partition coefficient (Wildman–Crippen LogP) is 0.672. The van der Waals surface area contributed by atoms with Gasteiger partial charge < -0.3 is 15.4 Å². The van der Waals surface area contributed by atoms with Gasteiger partial charge in [0.05, 0.1) is 24.5 Å². The molecule has 1 aromatic rings. The quantitative estimate of drug-likeness (QED) is 0.774. The number of rotatable bonds is 2. The highest BCUT2D eigenvalue weighted by atomic mass is 16.5. The van der Waals surface area contributed by atoms with E-state index in [0.29, 0.717) is 11.9 Å². The summed E-state index contributed by atoms with van der Waals surface area (Å²) in [5.74, 6) is 1.29. The largest absolute Gasteiger partial charge is 0.382 e. The zero-order valence-electron chi connectivity index (χ0n) is 9.05. The zero-order valence-corrected chi connectivity index (χ0v) is 9.05. The molecule has 15 heavy (non-hydrogen) atoms. The van der Waals surface area contributed by atoms with Gasteiger partial charge in [-0.25, -0.2) is 9.97 Å². The molecule has 2 N–H and O–H groups in total. The fraction of sp³-hybridized carbons (Fsp3) is 0.600. The molecular formula is C10H16N4O. The highest BCUT2D eigenvalue weighted by Gasteiger charge is 2.28. The van der Waals surface area contributed by atoms with Crippen LogP contribution in [0.3, 0.4) is 0 Å². The summed E-state index contributed by atoms with van der Waals surface area (Å²) >= 11 is 0. The fourth-order valence-corrected chi connectivity index (χ4v) is 1.91. The molecule has 0 saturated carbocycles. The average Bonchev–Trinajstić information content (AvgIpc) is 2.65. The SMILES string of the molecule is CC1OCCC1N(C)c1cnc(N)cn1. The number of nitrogens with zero attached hydrogens (tertiary/aromatic N) is 3. The van der Waals surface area contributed by atoms with Crippen LogP contribution in [-0.4, -0.2) is 35.8 Å². The molecule has 0 bridgehead atoms. The minimum Gasteiger partial charge on any atom is -0.382 e. The van der Waals surface area contributed by atoms with Crippen molar-refractivity contribution >= 4 is 11.6 Å². The lowest BCUT2D eigenvalue weighted by Crippen LogP contribution is -2.37. The zero-order chi connectivity index (χ0) is 10.8. The molecular weight excluding hydrogens is 192 g/mol. The van der Waals surface area contributed by atoms with E-state index in [1.165, 1.54) is 0 Å². The fourth-order valence-electron chi connectivity index (χ4n) is 1.91. The molecule has 1 saturated heterocycles. The number of hydrogen-bond acceptors (Lipinski definition) is 5. The summed E-state index contributed by atoms with van der Waals surface area (Å²) in [5.41, 5.74) is 5.49. The number of likely N-dealkylation sites (N-methyl/N-ethyl adjacent to an activating group) is 1. The van der Waals surface area contributed by atoms with Gasteiger partial charge in [-0.2, -0.15) is 0 Å². The normalized spacial score (nSPS) is 25.5. The first-order chi connectivity index (χ1) is 7.18. The van der Waals surface area contributed by atoms with Gasteiger partial charge in [0.1, 0.15) is 11.6 Å². The number of aromatic nitrogens is 2. The van der Waals surface area contributed by atoms with Crippen LogP contribution in [0.4, 0.5) is 11.6 Å². The number of ether oxygens (including phenoxy) is 1. The lowest BCUT2D eigenvalue weighted by atomic mass is 10.1. The summed E-state index contributed by atoms with van der Waals surface area (Å²) in [4.78, 5) is 10.4. The summed E-state index contributed by atoms with van der Waals surface area (Å²) in [6.45, 7) is 2.90. The van der Waals surface area contributed by atoms with Crippen molar-refractivity contribution in [3.05, 3.63) is 12.4 Å².